The standard InChI is InChI=1S/C70H65N3O/c1-67(2,3)46-22-31-59-53(38-46)54-39-47(68(4,5)6)23-32-60(54)71(59)50-26-17-42(18-27-50)44-21-30-63-64(36-44)74-65-37-45(35-57-52-15-13-14-16-58(52)73(63)66(57)65)43-19-28-51(29-20-43)72-61-33-24-48(69(7,8)9)40-55(61)56-41-49(70(10,11)12)25-34-62(56)72/h13-41H,1-12H3. The van der Waals surface area contributed by atoms with Crippen LogP contribution in [0, 0.1) is 0 Å². The van der Waals surface area contributed by atoms with Gasteiger partial charge >= 0.3 is 0 Å². The van der Waals surface area contributed by atoms with Crippen molar-refractivity contribution in [3.05, 3.63) is 198 Å². The van der Waals surface area contributed by atoms with Crippen molar-refractivity contribution in [1.82, 2.24) is 13.7 Å². The van der Waals surface area contributed by atoms with Crippen molar-refractivity contribution in [2.75, 3.05) is 0 Å². The maximum Gasteiger partial charge on any atom is 0.152 e. The van der Waals surface area contributed by atoms with Crippen molar-refractivity contribution < 1.29 is 4.74 Å². The summed E-state index contributed by atoms with van der Waals surface area (Å²) in [6.07, 6.45) is 0. The molecular weight excluding hydrogens is 899 g/mol. The van der Waals surface area contributed by atoms with E-state index >= 15 is 0 Å². The monoisotopic (exact) mass is 964 g/mol. The first-order valence-electron chi connectivity index (χ1n) is 26.5. The fourth-order valence-corrected chi connectivity index (χ4v) is 11.7. The van der Waals surface area contributed by atoms with E-state index in [-0.39, 0.29) is 21.7 Å². The Bertz CT molecular complexity index is 4130. The van der Waals surface area contributed by atoms with Crippen molar-refractivity contribution in [3.8, 4) is 50.8 Å². The Hall–Kier alpha value is -7.82. The lowest BCUT2D eigenvalue weighted by Crippen LogP contribution is -2.10. The molecular formula is C70H65N3O. The molecule has 0 bridgehead atoms. The summed E-state index contributed by atoms with van der Waals surface area (Å²) in [5, 5.41) is 7.58. The first-order chi connectivity index (χ1) is 35.2. The van der Waals surface area contributed by atoms with E-state index in [2.05, 4.69) is 273 Å². The largest absolute Gasteiger partial charge is 0.453 e. The molecule has 1 aliphatic rings. The SMILES string of the molecule is CC(C)(C)c1ccc2c(c1)c1cc(C(C)(C)C)ccc1n2-c1ccc(-c2ccc3c(c2)Oc2cc(-c4ccc(-n5c6ccc(C(C)(C)C)cc6c6cc(C(C)(C)C)ccc65)cc4)cc4c5ccccc5n-3c24)cc1. The second-order valence-corrected chi connectivity index (χ2v) is 25.2. The summed E-state index contributed by atoms with van der Waals surface area (Å²) in [5.41, 5.74) is 20.6. The van der Waals surface area contributed by atoms with Crippen molar-refractivity contribution in [3.63, 3.8) is 0 Å². The van der Waals surface area contributed by atoms with Crippen LogP contribution in [0.2, 0.25) is 0 Å². The van der Waals surface area contributed by atoms with Gasteiger partial charge in [0.2, 0.25) is 0 Å². The predicted molar refractivity (Wildman–Crippen MR) is 315 cm³/mol. The molecule has 9 aromatic carbocycles. The van der Waals surface area contributed by atoms with Gasteiger partial charge in [-0.05, 0) is 169 Å². The molecule has 1 aliphatic heterocycles. The van der Waals surface area contributed by atoms with E-state index in [1.807, 2.05) is 0 Å². The van der Waals surface area contributed by atoms with Crippen LogP contribution in [-0.4, -0.2) is 13.7 Å². The van der Waals surface area contributed by atoms with E-state index in [1.165, 1.54) is 82.2 Å². The van der Waals surface area contributed by atoms with Crippen LogP contribution in [0.5, 0.6) is 11.5 Å². The van der Waals surface area contributed by atoms with Gasteiger partial charge < -0.3 is 18.4 Å². The number of para-hydroxylation sites is 1. The van der Waals surface area contributed by atoms with Crippen LogP contribution in [0.1, 0.15) is 105 Å². The number of nitrogens with zero attached hydrogens (tertiary/aromatic N) is 3. The van der Waals surface area contributed by atoms with Gasteiger partial charge in [-0.25, -0.2) is 0 Å². The Kier molecular flexibility index (Phi) is 9.85. The summed E-state index contributed by atoms with van der Waals surface area (Å²) in [6, 6.07) is 66.4. The summed E-state index contributed by atoms with van der Waals surface area (Å²) in [5.74, 6) is 1.71. The van der Waals surface area contributed by atoms with Crippen molar-refractivity contribution in [2.45, 2.75) is 105 Å². The van der Waals surface area contributed by atoms with Crippen LogP contribution in [0.25, 0.3) is 105 Å². The summed E-state index contributed by atoms with van der Waals surface area (Å²) in [6.45, 7) is 27.6. The Labute approximate surface area is 435 Å². The van der Waals surface area contributed by atoms with Crippen molar-refractivity contribution in [2.24, 2.45) is 0 Å². The highest BCUT2D eigenvalue weighted by Crippen LogP contribution is 2.49. The van der Waals surface area contributed by atoms with E-state index in [4.69, 9.17) is 4.74 Å². The molecule has 0 aliphatic carbocycles. The molecule has 0 spiro atoms. The normalized spacial score (nSPS) is 13.2. The minimum atomic E-state index is 0.0459. The van der Waals surface area contributed by atoms with E-state index in [0.717, 1.165) is 56.3 Å². The lowest BCUT2D eigenvalue weighted by Gasteiger charge is -2.22. The average molecular weight is 964 g/mol. The molecule has 0 saturated heterocycles. The van der Waals surface area contributed by atoms with Crippen LogP contribution < -0.4 is 4.74 Å². The number of hydrogen-bond donors (Lipinski definition) is 0. The number of benzene rings is 9. The molecule has 0 radical (unpaired) electrons. The molecule has 0 unspecified atom stereocenters. The van der Waals surface area contributed by atoms with Crippen LogP contribution in [0.4, 0.5) is 0 Å². The molecule has 4 heteroatoms. The van der Waals surface area contributed by atoms with Gasteiger partial charge in [0.05, 0.1) is 38.8 Å². The number of rotatable bonds is 4. The molecule has 0 atom stereocenters. The quantitative estimate of drug-likeness (QED) is 0.172. The third-order valence-electron chi connectivity index (χ3n) is 16.1. The lowest BCUT2D eigenvalue weighted by atomic mass is 9.85. The molecule has 0 N–H and O–H groups in total. The summed E-state index contributed by atoms with van der Waals surface area (Å²) < 4.78 is 14.3. The number of hydrogen-bond acceptors (Lipinski definition) is 1. The van der Waals surface area contributed by atoms with E-state index in [1.54, 1.807) is 0 Å². The molecule has 0 fully saturated rings. The molecule has 74 heavy (non-hydrogen) atoms. The third kappa shape index (κ3) is 7.23. The smallest absolute Gasteiger partial charge is 0.152 e. The minimum Gasteiger partial charge on any atom is -0.453 e. The van der Waals surface area contributed by atoms with Gasteiger partial charge in [-0.3, -0.25) is 0 Å². The van der Waals surface area contributed by atoms with Gasteiger partial charge in [-0.15, -0.1) is 0 Å². The summed E-state index contributed by atoms with van der Waals surface area (Å²) >= 11 is 0. The topological polar surface area (TPSA) is 24.0 Å². The highest BCUT2D eigenvalue weighted by molar-refractivity contribution is 6.14. The average Bonchev–Trinajstić information content (AvgIpc) is 4.01. The molecule has 0 amide bonds. The number of fused-ring (bicyclic) bond motifs is 11. The summed E-state index contributed by atoms with van der Waals surface area (Å²) in [4.78, 5) is 0. The Balaban J connectivity index is 0.874. The van der Waals surface area contributed by atoms with Gasteiger partial charge in [-0.1, -0.05) is 156 Å². The number of aromatic nitrogens is 3. The Morgan fingerprint density at radius 1 is 0.284 bits per heavy atom. The highest BCUT2D eigenvalue weighted by atomic mass is 16.5. The lowest BCUT2D eigenvalue weighted by molar-refractivity contribution is 0.477. The van der Waals surface area contributed by atoms with Crippen LogP contribution >= 0.6 is 0 Å². The third-order valence-corrected chi connectivity index (χ3v) is 16.1. The van der Waals surface area contributed by atoms with E-state index in [9.17, 15) is 0 Å². The van der Waals surface area contributed by atoms with Crippen LogP contribution in [0.3, 0.4) is 0 Å². The highest BCUT2D eigenvalue weighted by Gasteiger charge is 2.27. The first-order valence-corrected chi connectivity index (χ1v) is 26.5. The van der Waals surface area contributed by atoms with Gasteiger partial charge in [0, 0.05) is 43.7 Å². The molecule has 4 nitrogen and oxygen atoms in total. The summed E-state index contributed by atoms with van der Waals surface area (Å²) in [7, 11) is 0. The second-order valence-electron chi connectivity index (χ2n) is 25.2. The van der Waals surface area contributed by atoms with E-state index < -0.39 is 0 Å². The molecule has 4 heterocycles. The minimum absolute atomic E-state index is 0.0459. The zero-order valence-electron chi connectivity index (χ0n) is 45.0. The predicted octanol–water partition coefficient (Wildman–Crippen LogP) is 19.6. The molecule has 366 valence electrons. The van der Waals surface area contributed by atoms with E-state index in [0.29, 0.717) is 0 Å². The van der Waals surface area contributed by atoms with Crippen molar-refractivity contribution in [1.29, 1.82) is 0 Å². The second kappa shape index (κ2) is 15.8. The maximum absolute atomic E-state index is 7.07. The Morgan fingerprint density at radius 2 is 0.662 bits per heavy atom. The first kappa shape index (κ1) is 46.0. The fourth-order valence-electron chi connectivity index (χ4n) is 11.7. The molecule has 13 rings (SSSR count). The van der Waals surface area contributed by atoms with Crippen LogP contribution in [-0.2, 0) is 21.7 Å². The van der Waals surface area contributed by atoms with Gasteiger partial charge in [0.15, 0.2) is 11.5 Å². The van der Waals surface area contributed by atoms with Crippen LogP contribution in [0.15, 0.2) is 176 Å². The number of ether oxygens (including phenoxy) is 1. The Morgan fingerprint density at radius 3 is 1.09 bits per heavy atom. The van der Waals surface area contributed by atoms with Gasteiger partial charge in [0.1, 0.15) is 0 Å². The zero-order chi connectivity index (χ0) is 51.4. The van der Waals surface area contributed by atoms with Gasteiger partial charge in [-0.2, -0.15) is 0 Å². The van der Waals surface area contributed by atoms with Gasteiger partial charge in [0.25, 0.3) is 0 Å². The zero-order valence-corrected chi connectivity index (χ0v) is 45.0. The maximum atomic E-state index is 7.07. The molecule has 3 aromatic heterocycles. The van der Waals surface area contributed by atoms with Crippen molar-refractivity contribution >= 4 is 65.4 Å². The molecule has 12 aromatic rings. The molecule has 0 saturated carbocycles. The fraction of sp³-hybridized carbons (Fsp3) is 0.229.